The molecule has 20 heavy (non-hydrogen) atoms. The summed E-state index contributed by atoms with van der Waals surface area (Å²) in [6, 6.07) is 10.2. The molecule has 0 bridgehead atoms. The van der Waals surface area contributed by atoms with Crippen molar-refractivity contribution in [2.45, 2.75) is 32.1 Å². The molecule has 1 aromatic carbocycles. The molecule has 2 aromatic rings. The van der Waals surface area contributed by atoms with E-state index in [1.807, 2.05) is 19.1 Å². The molecule has 1 heterocycles. The third-order valence-electron chi connectivity index (χ3n) is 3.27. The number of hydrogen-bond donors (Lipinski definition) is 1. The minimum absolute atomic E-state index is 0.135. The van der Waals surface area contributed by atoms with Gasteiger partial charge in [-0.25, -0.2) is 4.39 Å². The molecule has 0 aliphatic carbocycles. The summed E-state index contributed by atoms with van der Waals surface area (Å²) in [4.78, 5) is 3.99. The topological polar surface area (TPSA) is 48.1 Å². The van der Waals surface area contributed by atoms with Gasteiger partial charge in [0.15, 0.2) is 0 Å². The summed E-state index contributed by atoms with van der Waals surface area (Å²) in [6.07, 6.45) is 3.93. The van der Waals surface area contributed by atoms with Gasteiger partial charge in [0.25, 0.3) is 0 Å². The maximum atomic E-state index is 13.6. The van der Waals surface area contributed by atoms with Crippen molar-refractivity contribution >= 4 is 0 Å². The van der Waals surface area contributed by atoms with Gasteiger partial charge in [0.05, 0.1) is 12.7 Å². The van der Waals surface area contributed by atoms with Crippen molar-refractivity contribution in [1.82, 2.24) is 4.98 Å². The summed E-state index contributed by atoms with van der Waals surface area (Å²) < 4.78 is 19.5. The van der Waals surface area contributed by atoms with Crippen molar-refractivity contribution in [3.8, 4) is 0 Å². The number of benzene rings is 1. The Balaban J connectivity index is 2.11. The summed E-state index contributed by atoms with van der Waals surface area (Å²) in [5.74, 6) is -0.258. The molecular weight excluding hydrogens is 255 g/mol. The normalized spacial score (nSPS) is 13.9. The Kier molecular flexibility index (Phi) is 5.21. The molecule has 2 rings (SSSR count). The van der Waals surface area contributed by atoms with Gasteiger partial charge in [0.2, 0.25) is 0 Å². The van der Waals surface area contributed by atoms with Crippen molar-refractivity contribution in [3.05, 3.63) is 65.7 Å². The van der Waals surface area contributed by atoms with E-state index in [9.17, 15) is 4.39 Å². The van der Waals surface area contributed by atoms with Crippen LogP contribution in [0.5, 0.6) is 0 Å². The van der Waals surface area contributed by atoms with Crippen molar-refractivity contribution in [2.75, 3.05) is 0 Å². The van der Waals surface area contributed by atoms with Gasteiger partial charge >= 0.3 is 0 Å². The predicted molar refractivity (Wildman–Crippen MR) is 76.4 cm³/mol. The second-order valence-electron chi connectivity index (χ2n) is 4.68. The molecule has 0 aliphatic rings. The quantitative estimate of drug-likeness (QED) is 0.880. The summed E-state index contributed by atoms with van der Waals surface area (Å²) >= 11 is 0. The van der Waals surface area contributed by atoms with Gasteiger partial charge in [-0.2, -0.15) is 0 Å². The third kappa shape index (κ3) is 3.62. The summed E-state index contributed by atoms with van der Waals surface area (Å²) in [7, 11) is 0. The number of aromatic nitrogens is 1. The van der Waals surface area contributed by atoms with E-state index in [0.717, 1.165) is 12.0 Å². The predicted octanol–water partition coefficient (Wildman–Crippen LogP) is 3.22. The number of nitrogens with zero attached hydrogens (tertiary/aromatic N) is 1. The highest BCUT2D eigenvalue weighted by atomic mass is 19.1. The number of ether oxygens (including phenoxy) is 1. The second kappa shape index (κ2) is 7.12. The molecule has 106 valence electrons. The Hall–Kier alpha value is -1.78. The first kappa shape index (κ1) is 14.6. The van der Waals surface area contributed by atoms with Crippen LogP contribution in [0.2, 0.25) is 0 Å². The Labute approximate surface area is 118 Å². The fraction of sp³-hybridized carbons (Fsp3) is 0.312. The molecular formula is C16H19FN2O. The summed E-state index contributed by atoms with van der Waals surface area (Å²) in [5.41, 5.74) is 7.61. The van der Waals surface area contributed by atoms with E-state index in [-0.39, 0.29) is 24.6 Å². The Morgan fingerprint density at radius 3 is 2.55 bits per heavy atom. The summed E-state index contributed by atoms with van der Waals surface area (Å²) in [6.45, 7) is 2.21. The molecule has 2 atom stereocenters. The van der Waals surface area contributed by atoms with E-state index in [4.69, 9.17) is 10.5 Å². The fourth-order valence-electron chi connectivity index (χ4n) is 2.03. The molecule has 3 nitrogen and oxygen atoms in total. The molecule has 0 radical (unpaired) electrons. The Bertz CT molecular complexity index is 533. The Morgan fingerprint density at radius 2 is 1.90 bits per heavy atom. The molecule has 0 aliphatic heterocycles. The number of hydrogen-bond acceptors (Lipinski definition) is 3. The van der Waals surface area contributed by atoms with Crippen LogP contribution in [0, 0.1) is 5.82 Å². The van der Waals surface area contributed by atoms with Crippen LogP contribution in [-0.2, 0) is 11.3 Å². The Morgan fingerprint density at radius 1 is 1.20 bits per heavy atom. The number of rotatable bonds is 6. The minimum atomic E-state index is -0.261. The van der Waals surface area contributed by atoms with E-state index in [0.29, 0.717) is 5.56 Å². The highest BCUT2D eigenvalue weighted by molar-refractivity contribution is 5.18. The van der Waals surface area contributed by atoms with Gasteiger partial charge in [0.1, 0.15) is 5.82 Å². The van der Waals surface area contributed by atoms with Crippen LogP contribution < -0.4 is 5.73 Å². The zero-order valence-corrected chi connectivity index (χ0v) is 11.5. The average Bonchev–Trinajstić information content (AvgIpc) is 2.50. The number of halogens is 1. The molecule has 2 unspecified atom stereocenters. The van der Waals surface area contributed by atoms with Gasteiger partial charge in [-0.05, 0) is 30.2 Å². The maximum Gasteiger partial charge on any atom is 0.128 e. The number of nitrogens with two attached hydrogens (primary N) is 1. The van der Waals surface area contributed by atoms with Gasteiger partial charge in [-0.1, -0.05) is 25.1 Å². The molecule has 2 N–H and O–H groups in total. The lowest BCUT2D eigenvalue weighted by Gasteiger charge is -2.24. The second-order valence-corrected chi connectivity index (χ2v) is 4.68. The molecule has 0 spiro atoms. The van der Waals surface area contributed by atoms with Crippen LogP contribution in [0.15, 0.2) is 48.8 Å². The molecule has 1 aromatic heterocycles. The molecule has 0 saturated heterocycles. The SMILES string of the molecule is CCC(N)C(OCc1ccccc1F)c1ccncc1. The van der Waals surface area contributed by atoms with Crippen LogP contribution in [0.25, 0.3) is 0 Å². The fourth-order valence-corrected chi connectivity index (χ4v) is 2.03. The average molecular weight is 274 g/mol. The monoisotopic (exact) mass is 274 g/mol. The molecule has 0 amide bonds. The van der Waals surface area contributed by atoms with Gasteiger partial charge < -0.3 is 10.5 Å². The van der Waals surface area contributed by atoms with Crippen molar-refractivity contribution in [3.63, 3.8) is 0 Å². The standard InChI is InChI=1S/C16H19FN2O/c1-2-15(18)16(12-7-9-19-10-8-12)20-11-13-5-3-4-6-14(13)17/h3-10,15-16H,2,11,18H2,1H3. The van der Waals surface area contributed by atoms with E-state index in [1.54, 1.807) is 30.6 Å². The van der Waals surface area contributed by atoms with E-state index in [2.05, 4.69) is 4.98 Å². The minimum Gasteiger partial charge on any atom is -0.367 e. The van der Waals surface area contributed by atoms with Gasteiger partial charge in [0, 0.05) is 24.0 Å². The first-order valence-corrected chi connectivity index (χ1v) is 6.73. The highest BCUT2D eigenvalue weighted by Gasteiger charge is 2.19. The van der Waals surface area contributed by atoms with Crippen LogP contribution in [-0.4, -0.2) is 11.0 Å². The van der Waals surface area contributed by atoms with Crippen LogP contribution in [0.1, 0.15) is 30.6 Å². The van der Waals surface area contributed by atoms with E-state index in [1.165, 1.54) is 6.07 Å². The number of pyridine rings is 1. The van der Waals surface area contributed by atoms with Crippen LogP contribution in [0.3, 0.4) is 0 Å². The van der Waals surface area contributed by atoms with Crippen molar-refractivity contribution in [1.29, 1.82) is 0 Å². The zero-order chi connectivity index (χ0) is 14.4. The van der Waals surface area contributed by atoms with Gasteiger partial charge in [-0.3, -0.25) is 4.98 Å². The molecule has 0 saturated carbocycles. The zero-order valence-electron chi connectivity index (χ0n) is 11.5. The van der Waals surface area contributed by atoms with Crippen LogP contribution in [0.4, 0.5) is 4.39 Å². The lowest BCUT2D eigenvalue weighted by Crippen LogP contribution is -2.29. The molecule has 4 heteroatoms. The van der Waals surface area contributed by atoms with E-state index < -0.39 is 0 Å². The smallest absolute Gasteiger partial charge is 0.128 e. The first-order chi connectivity index (χ1) is 9.72. The first-order valence-electron chi connectivity index (χ1n) is 6.73. The third-order valence-corrected chi connectivity index (χ3v) is 3.27. The van der Waals surface area contributed by atoms with Gasteiger partial charge in [-0.15, -0.1) is 0 Å². The largest absolute Gasteiger partial charge is 0.367 e. The van der Waals surface area contributed by atoms with Crippen molar-refractivity contribution in [2.24, 2.45) is 5.73 Å². The summed E-state index contributed by atoms with van der Waals surface area (Å²) in [5, 5.41) is 0. The highest BCUT2D eigenvalue weighted by Crippen LogP contribution is 2.23. The van der Waals surface area contributed by atoms with Crippen molar-refractivity contribution < 1.29 is 9.13 Å². The van der Waals surface area contributed by atoms with E-state index >= 15 is 0 Å². The molecule has 0 fully saturated rings. The lowest BCUT2D eigenvalue weighted by atomic mass is 10.0. The van der Waals surface area contributed by atoms with Crippen LogP contribution >= 0.6 is 0 Å². The lowest BCUT2D eigenvalue weighted by molar-refractivity contribution is 0.0198. The maximum absolute atomic E-state index is 13.6.